The van der Waals surface area contributed by atoms with Crippen LogP contribution in [0.25, 0.3) is 0 Å². The molecule has 1 unspecified atom stereocenters. The molecular weight excluding hydrogens is 310 g/mol. The van der Waals surface area contributed by atoms with Crippen molar-refractivity contribution in [2.45, 2.75) is 31.7 Å². The van der Waals surface area contributed by atoms with Gasteiger partial charge < -0.3 is 10.4 Å². The topological polar surface area (TPSA) is 66.4 Å². The molecule has 1 atom stereocenters. The van der Waals surface area contributed by atoms with Crippen molar-refractivity contribution in [2.75, 3.05) is 0 Å². The summed E-state index contributed by atoms with van der Waals surface area (Å²) in [5.41, 5.74) is 0.585. The largest absolute Gasteiger partial charge is 0.479 e. The molecule has 0 aliphatic heterocycles. The van der Waals surface area contributed by atoms with E-state index in [2.05, 4.69) is 21.2 Å². The molecular formula is C14H16BrNO3. The maximum Gasteiger partial charge on any atom is 0.330 e. The van der Waals surface area contributed by atoms with Crippen LogP contribution in [0.1, 0.15) is 37.3 Å². The highest BCUT2D eigenvalue weighted by Gasteiger charge is 2.28. The summed E-state index contributed by atoms with van der Waals surface area (Å²) in [7, 11) is 0. The van der Waals surface area contributed by atoms with Gasteiger partial charge in [0.2, 0.25) is 5.91 Å². The first-order valence-corrected chi connectivity index (χ1v) is 7.16. The van der Waals surface area contributed by atoms with Gasteiger partial charge in [-0.25, -0.2) is 4.79 Å². The summed E-state index contributed by atoms with van der Waals surface area (Å²) >= 11 is 3.30. The van der Waals surface area contributed by atoms with E-state index in [1.165, 1.54) is 0 Å². The lowest BCUT2D eigenvalue weighted by atomic mass is 10.0. The molecule has 0 saturated heterocycles. The van der Waals surface area contributed by atoms with Crippen LogP contribution in [0, 0.1) is 5.92 Å². The van der Waals surface area contributed by atoms with Gasteiger partial charge >= 0.3 is 5.97 Å². The molecule has 1 aliphatic carbocycles. The highest BCUT2D eigenvalue weighted by molar-refractivity contribution is 9.10. The Bertz CT molecular complexity index is 466. The molecule has 5 heteroatoms. The smallest absolute Gasteiger partial charge is 0.330 e. The molecule has 0 aromatic heterocycles. The van der Waals surface area contributed by atoms with Gasteiger partial charge in [0.15, 0.2) is 6.04 Å². The minimum atomic E-state index is -1.03. The summed E-state index contributed by atoms with van der Waals surface area (Å²) in [6, 6.07) is 5.98. The van der Waals surface area contributed by atoms with Crippen LogP contribution in [0.15, 0.2) is 28.7 Å². The number of hydrogen-bond acceptors (Lipinski definition) is 2. The fourth-order valence-electron chi connectivity index (χ4n) is 2.39. The number of nitrogens with one attached hydrogen (secondary N) is 1. The Labute approximate surface area is 120 Å². The van der Waals surface area contributed by atoms with Crippen molar-refractivity contribution in [2.24, 2.45) is 5.92 Å². The second-order valence-electron chi connectivity index (χ2n) is 4.81. The van der Waals surface area contributed by atoms with Gasteiger partial charge in [-0.3, -0.25) is 4.79 Å². The monoisotopic (exact) mass is 325 g/mol. The van der Waals surface area contributed by atoms with Crippen molar-refractivity contribution in [1.29, 1.82) is 0 Å². The Balaban J connectivity index is 2.09. The van der Waals surface area contributed by atoms with Gasteiger partial charge in [0.1, 0.15) is 0 Å². The zero-order chi connectivity index (χ0) is 13.8. The number of aliphatic carboxylic acids is 1. The minimum Gasteiger partial charge on any atom is -0.479 e. The van der Waals surface area contributed by atoms with Gasteiger partial charge in [-0.1, -0.05) is 40.9 Å². The van der Waals surface area contributed by atoms with Crippen LogP contribution >= 0.6 is 15.9 Å². The predicted molar refractivity (Wildman–Crippen MR) is 74.6 cm³/mol. The summed E-state index contributed by atoms with van der Waals surface area (Å²) in [6.45, 7) is 0. The Morgan fingerprint density at radius 2 is 1.79 bits per heavy atom. The third-order valence-corrected chi connectivity index (χ3v) is 3.99. The van der Waals surface area contributed by atoms with Crippen molar-refractivity contribution < 1.29 is 14.7 Å². The average Bonchev–Trinajstić information content (AvgIpc) is 2.90. The van der Waals surface area contributed by atoms with E-state index in [-0.39, 0.29) is 11.8 Å². The molecule has 0 radical (unpaired) electrons. The quantitative estimate of drug-likeness (QED) is 0.894. The Hall–Kier alpha value is -1.36. The van der Waals surface area contributed by atoms with Crippen LogP contribution in [0.5, 0.6) is 0 Å². The highest BCUT2D eigenvalue weighted by Crippen LogP contribution is 2.26. The van der Waals surface area contributed by atoms with E-state index >= 15 is 0 Å². The summed E-state index contributed by atoms with van der Waals surface area (Å²) in [6.07, 6.45) is 3.82. The minimum absolute atomic E-state index is 0.0303. The summed E-state index contributed by atoms with van der Waals surface area (Å²) in [5.74, 6) is -1.21. The molecule has 1 amide bonds. The number of benzene rings is 1. The number of carboxylic acid groups (broad SMARTS) is 1. The van der Waals surface area contributed by atoms with E-state index < -0.39 is 12.0 Å². The van der Waals surface area contributed by atoms with Gasteiger partial charge in [-0.05, 0) is 30.5 Å². The van der Waals surface area contributed by atoms with Crippen molar-refractivity contribution in [3.05, 3.63) is 34.3 Å². The van der Waals surface area contributed by atoms with Crippen LogP contribution in [0.3, 0.4) is 0 Å². The lowest BCUT2D eigenvalue weighted by molar-refractivity contribution is -0.142. The zero-order valence-corrected chi connectivity index (χ0v) is 12.0. The predicted octanol–water partition coefficient (Wildman–Crippen LogP) is 2.88. The van der Waals surface area contributed by atoms with Gasteiger partial charge in [-0.2, -0.15) is 0 Å². The molecule has 19 heavy (non-hydrogen) atoms. The van der Waals surface area contributed by atoms with Crippen molar-refractivity contribution in [3.8, 4) is 0 Å². The van der Waals surface area contributed by atoms with Crippen molar-refractivity contribution in [3.63, 3.8) is 0 Å². The fraction of sp³-hybridized carbons (Fsp3) is 0.429. The third-order valence-electron chi connectivity index (χ3n) is 3.46. The normalized spacial score (nSPS) is 17.1. The molecule has 1 fully saturated rings. The van der Waals surface area contributed by atoms with E-state index in [1.54, 1.807) is 24.3 Å². The summed E-state index contributed by atoms with van der Waals surface area (Å²) in [5, 5.41) is 11.9. The van der Waals surface area contributed by atoms with Gasteiger partial charge in [0, 0.05) is 10.4 Å². The van der Waals surface area contributed by atoms with Crippen molar-refractivity contribution in [1.82, 2.24) is 5.32 Å². The second-order valence-corrected chi connectivity index (χ2v) is 5.73. The molecule has 1 aliphatic rings. The van der Waals surface area contributed by atoms with E-state index in [4.69, 9.17) is 0 Å². The SMILES string of the molecule is O=C(NC(C(=O)O)c1ccc(Br)cc1)C1CCCC1. The summed E-state index contributed by atoms with van der Waals surface area (Å²) < 4.78 is 0.877. The van der Waals surface area contributed by atoms with E-state index in [1.807, 2.05) is 0 Å². The lowest BCUT2D eigenvalue weighted by Gasteiger charge is -2.17. The maximum absolute atomic E-state index is 12.0. The van der Waals surface area contributed by atoms with E-state index in [9.17, 15) is 14.7 Å². The third kappa shape index (κ3) is 3.56. The van der Waals surface area contributed by atoms with Crippen LogP contribution in [-0.2, 0) is 9.59 Å². The van der Waals surface area contributed by atoms with Crippen LogP contribution in [0.2, 0.25) is 0 Å². The fourth-order valence-corrected chi connectivity index (χ4v) is 2.66. The molecule has 0 heterocycles. The van der Waals surface area contributed by atoms with Gasteiger partial charge in [0.05, 0.1) is 0 Å². The lowest BCUT2D eigenvalue weighted by Crippen LogP contribution is -2.37. The molecule has 0 bridgehead atoms. The second kappa shape index (κ2) is 6.19. The van der Waals surface area contributed by atoms with E-state index in [0.29, 0.717) is 5.56 Å². The molecule has 4 nitrogen and oxygen atoms in total. The Morgan fingerprint density at radius 3 is 2.32 bits per heavy atom. The van der Waals surface area contributed by atoms with Crippen LogP contribution < -0.4 is 5.32 Å². The van der Waals surface area contributed by atoms with Crippen LogP contribution in [0.4, 0.5) is 0 Å². The number of halogens is 1. The van der Waals surface area contributed by atoms with E-state index in [0.717, 1.165) is 30.2 Å². The molecule has 2 N–H and O–H groups in total. The first-order valence-electron chi connectivity index (χ1n) is 6.36. The average molecular weight is 326 g/mol. The molecule has 0 spiro atoms. The number of amides is 1. The highest BCUT2D eigenvalue weighted by atomic mass is 79.9. The Kier molecular flexibility index (Phi) is 4.58. The number of carboxylic acids is 1. The number of carbonyl (C=O) groups excluding carboxylic acids is 1. The molecule has 1 aromatic rings. The summed E-state index contributed by atoms with van der Waals surface area (Å²) in [4.78, 5) is 23.3. The molecule has 2 rings (SSSR count). The zero-order valence-electron chi connectivity index (χ0n) is 10.4. The molecule has 1 aromatic carbocycles. The van der Waals surface area contributed by atoms with Gasteiger partial charge in [-0.15, -0.1) is 0 Å². The number of carbonyl (C=O) groups is 2. The first kappa shape index (κ1) is 14.1. The molecule has 1 saturated carbocycles. The standard InChI is InChI=1S/C14H16BrNO3/c15-11-7-5-9(6-8-11)12(14(18)19)16-13(17)10-3-1-2-4-10/h5-8,10,12H,1-4H2,(H,16,17)(H,18,19). The Morgan fingerprint density at radius 1 is 1.21 bits per heavy atom. The van der Waals surface area contributed by atoms with Crippen molar-refractivity contribution >= 4 is 27.8 Å². The number of hydrogen-bond donors (Lipinski definition) is 2. The maximum atomic E-state index is 12.0. The molecule has 102 valence electrons. The van der Waals surface area contributed by atoms with Gasteiger partial charge in [0.25, 0.3) is 0 Å². The number of rotatable bonds is 4. The first-order chi connectivity index (χ1) is 9.08. The van der Waals surface area contributed by atoms with Crippen LogP contribution in [-0.4, -0.2) is 17.0 Å².